The van der Waals surface area contributed by atoms with Crippen LogP contribution in [0.4, 0.5) is 0 Å². The van der Waals surface area contributed by atoms with Gasteiger partial charge in [0.25, 0.3) is 5.91 Å². The molecule has 0 bridgehead atoms. The van der Waals surface area contributed by atoms with Gasteiger partial charge in [0.05, 0.1) is 10.9 Å². The average Bonchev–Trinajstić information content (AvgIpc) is 2.57. The number of nitrogens with zero attached hydrogens (tertiary/aromatic N) is 1. The second-order valence-electron chi connectivity index (χ2n) is 4.66. The fraction of sp³-hybridized carbons (Fsp3) is 0.500. The van der Waals surface area contributed by atoms with Crippen molar-refractivity contribution >= 4 is 34.8 Å². The second kappa shape index (κ2) is 4.90. The maximum atomic E-state index is 12.1. The number of carbonyl (C=O) groups excluding carboxylic acids is 1. The molecule has 1 aromatic rings. The highest BCUT2D eigenvalue weighted by atomic mass is 35.5. The normalized spacial score (nSPS) is 17.4. The third kappa shape index (κ3) is 2.24. The summed E-state index contributed by atoms with van der Waals surface area (Å²) in [5, 5.41) is 11.3. The van der Waals surface area contributed by atoms with Crippen molar-refractivity contribution in [2.24, 2.45) is 11.8 Å². The highest BCUT2D eigenvalue weighted by Gasteiger charge is 2.38. The van der Waals surface area contributed by atoms with Crippen molar-refractivity contribution in [3.8, 4) is 0 Å². The number of aliphatic carboxylic acids is 1. The summed E-state index contributed by atoms with van der Waals surface area (Å²) >= 11 is 7.39. The molecule has 0 aliphatic carbocycles. The highest BCUT2D eigenvalue weighted by molar-refractivity contribution is 7.13. The van der Waals surface area contributed by atoms with Crippen molar-refractivity contribution in [1.82, 2.24) is 4.90 Å². The van der Waals surface area contributed by atoms with Crippen molar-refractivity contribution in [2.45, 2.75) is 13.8 Å². The Bertz CT molecular complexity index is 494. The van der Waals surface area contributed by atoms with E-state index >= 15 is 0 Å². The van der Waals surface area contributed by atoms with E-state index in [1.54, 1.807) is 11.8 Å². The number of carboxylic acids is 1. The van der Waals surface area contributed by atoms with Crippen LogP contribution in [0.1, 0.15) is 22.2 Å². The third-order valence-corrected chi connectivity index (χ3v) is 5.07. The van der Waals surface area contributed by atoms with Crippen molar-refractivity contribution < 1.29 is 14.7 Å². The van der Waals surface area contributed by atoms with E-state index in [1.807, 2.05) is 12.3 Å². The number of halogens is 1. The van der Waals surface area contributed by atoms with Gasteiger partial charge in [0, 0.05) is 19.0 Å². The number of likely N-dealkylation sites (tertiary alicyclic amines) is 1. The predicted molar refractivity (Wildman–Crippen MR) is 70.3 cm³/mol. The number of thiophene rings is 1. The molecule has 1 atom stereocenters. The third-order valence-electron chi connectivity index (χ3n) is 3.39. The number of hydrogen-bond acceptors (Lipinski definition) is 3. The molecular formula is C12H14ClNO3S. The van der Waals surface area contributed by atoms with Gasteiger partial charge in [-0.15, -0.1) is 11.3 Å². The Labute approximate surface area is 114 Å². The van der Waals surface area contributed by atoms with Crippen LogP contribution in [-0.2, 0) is 4.79 Å². The predicted octanol–water partition coefficient (Wildman–Crippen LogP) is 2.50. The molecule has 1 aliphatic rings. The molecule has 1 N–H and O–H groups in total. The summed E-state index contributed by atoms with van der Waals surface area (Å²) in [5.74, 6) is -1.26. The first-order valence-corrected chi connectivity index (χ1v) is 6.93. The zero-order chi connectivity index (χ0) is 13.4. The zero-order valence-electron chi connectivity index (χ0n) is 10.1. The Hall–Kier alpha value is -1.07. The molecule has 1 amide bonds. The summed E-state index contributed by atoms with van der Waals surface area (Å²) in [5.41, 5.74) is 0.904. The van der Waals surface area contributed by atoms with Crippen LogP contribution in [0.15, 0.2) is 5.38 Å². The standard InChI is InChI=1S/C12H14ClNO3S/c1-6-5-18-10(9(6)13)11(15)14-3-8(4-14)7(2)12(16)17/h5,7-8H,3-4H2,1-2H3,(H,16,17). The molecule has 1 aliphatic heterocycles. The van der Waals surface area contributed by atoms with Crippen LogP contribution < -0.4 is 0 Å². The SMILES string of the molecule is Cc1csc(C(=O)N2CC(C(C)C(=O)O)C2)c1Cl. The number of carboxylic acid groups (broad SMARTS) is 1. The van der Waals surface area contributed by atoms with E-state index in [9.17, 15) is 9.59 Å². The van der Waals surface area contributed by atoms with Gasteiger partial charge >= 0.3 is 5.97 Å². The lowest BCUT2D eigenvalue weighted by Gasteiger charge is -2.41. The van der Waals surface area contributed by atoms with E-state index in [1.165, 1.54) is 11.3 Å². The molecule has 2 heterocycles. The molecule has 0 spiro atoms. The van der Waals surface area contributed by atoms with Gasteiger partial charge in [-0.2, -0.15) is 0 Å². The molecule has 1 fully saturated rings. The molecule has 2 rings (SSSR count). The van der Waals surface area contributed by atoms with Gasteiger partial charge in [-0.25, -0.2) is 0 Å². The minimum absolute atomic E-state index is 0.0475. The smallest absolute Gasteiger partial charge is 0.306 e. The van der Waals surface area contributed by atoms with Gasteiger partial charge in [-0.3, -0.25) is 9.59 Å². The Kier molecular flexibility index (Phi) is 3.64. The van der Waals surface area contributed by atoms with E-state index in [0.29, 0.717) is 23.0 Å². The molecule has 6 heteroatoms. The summed E-state index contributed by atoms with van der Waals surface area (Å²) in [7, 11) is 0. The molecule has 1 aromatic heterocycles. The number of hydrogen-bond donors (Lipinski definition) is 1. The summed E-state index contributed by atoms with van der Waals surface area (Å²) < 4.78 is 0. The summed E-state index contributed by atoms with van der Waals surface area (Å²) in [6.07, 6.45) is 0. The van der Waals surface area contributed by atoms with Crippen LogP contribution in [0.3, 0.4) is 0 Å². The van der Waals surface area contributed by atoms with Crippen molar-refractivity contribution in [1.29, 1.82) is 0 Å². The Morgan fingerprint density at radius 3 is 2.61 bits per heavy atom. The monoisotopic (exact) mass is 287 g/mol. The van der Waals surface area contributed by atoms with Gasteiger partial charge in [-0.1, -0.05) is 18.5 Å². The lowest BCUT2D eigenvalue weighted by molar-refractivity contribution is -0.144. The van der Waals surface area contributed by atoms with Gasteiger partial charge in [0.15, 0.2) is 0 Å². The summed E-state index contributed by atoms with van der Waals surface area (Å²) in [6, 6.07) is 0. The highest BCUT2D eigenvalue weighted by Crippen LogP contribution is 2.32. The Morgan fingerprint density at radius 1 is 1.56 bits per heavy atom. The van der Waals surface area contributed by atoms with Crippen LogP contribution in [0.2, 0.25) is 5.02 Å². The number of carbonyl (C=O) groups is 2. The van der Waals surface area contributed by atoms with E-state index in [4.69, 9.17) is 16.7 Å². The van der Waals surface area contributed by atoms with Crippen molar-refractivity contribution in [3.05, 3.63) is 20.8 Å². The average molecular weight is 288 g/mol. The molecule has 1 saturated heterocycles. The van der Waals surface area contributed by atoms with Gasteiger partial charge < -0.3 is 10.0 Å². The topological polar surface area (TPSA) is 57.6 Å². The van der Waals surface area contributed by atoms with Crippen LogP contribution >= 0.6 is 22.9 Å². The largest absolute Gasteiger partial charge is 0.481 e. The molecule has 0 saturated carbocycles. The molecular weight excluding hydrogens is 274 g/mol. The first-order valence-electron chi connectivity index (χ1n) is 5.67. The van der Waals surface area contributed by atoms with Gasteiger partial charge in [0.2, 0.25) is 0 Å². The maximum Gasteiger partial charge on any atom is 0.306 e. The van der Waals surface area contributed by atoms with E-state index in [-0.39, 0.29) is 11.8 Å². The maximum absolute atomic E-state index is 12.1. The lowest BCUT2D eigenvalue weighted by Crippen LogP contribution is -2.53. The number of rotatable bonds is 3. The van der Waals surface area contributed by atoms with Crippen LogP contribution in [0.25, 0.3) is 0 Å². The first kappa shape index (κ1) is 13.4. The Morgan fingerprint density at radius 2 is 2.17 bits per heavy atom. The second-order valence-corrected chi connectivity index (χ2v) is 5.92. The summed E-state index contributed by atoms with van der Waals surface area (Å²) in [6.45, 7) is 4.54. The summed E-state index contributed by atoms with van der Waals surface area (Å²) in [4.78, 5) is 25.1. The van der Waals surface area contributed by atoms with Gasteiger partial charge in [0.1, 0.15) is 4.88 Å². The molecule has 1 unspecified atom stereocenters. The molecule has 98 valence electrons. The molecule has 0 aromatic carbocycles. The lowest BCUT2D eigenvalue weighted by atomic mass is 9.87. The van der Waals surface area contributed by atoms with Gasteiger partial charge in [-0.05, 0) is 17.9 Å². The zero-order valence-corrected chi connectivity index (χ0v) is 11.7. The minimum Gasteiger partial charge on any atom is -0.481 e. The fourth-order valence-corrected chi connectivity index (χ4v) is 3.15. The first-order chi connectivity index (χ1) is 8.41. The molecule has 4 nitrogen and oxygen atoms in total. The van der Waals surface area contributed by atoms with E-state index in [2.05, 4.69) is 0 Å². The molecule has 18 heavy (non-hydrogen) atoms. The quantitative estimate of drug-likeness (QED) is 0.929. The van der Waals surface area contributed by atoms with E-state index < -0.39 is 11.9 Å². The van der Waals surface area contributed by atoms with Crippen LogP contribution in [0.5, 0.6) is 0 Å². The minimum atomic E-state index is -0.808. The van der Waals surface area contributed by atoms with Crippen molar-refractivity contribution in [3.63, 3.8) is 0 Å². The van der Waals surface area contributed by atoms with E-state index in [0.717, 1.165) is 5.56 Å². The number of aryl methyl sites for hydroxylation is 1. The van der Waals surface area contributed by atoms with Crippen LogP contribution in [0, 0.1) is 18.8 Å². The fourth-order valence-electron chi connectivity index (χ4n) is 1.91. The molecule has 0 radical (unpaired) electrons. The number of amides is 1. The Balaban J connectivity index is 1.99. The van der Waals surface area contributed by atoms with Crippen LogP contribution in [-0.4, -0.2) is 35.0 Å². The van der Waals surface area contributed by atoms with Crippen molar-refractivity contribution in [2.75, 3.05) is 13.1 Å².